The van der Waals surface area contributed by atoms with Crippen LogP contribution in [0.2, 0.25) is 0 Å². The topological polar surface area (TPSA) is 84.1 Å². The average molecular weight is 337 g/mol. The van der Waals surface area contributed by atoms with Crippen LogP contribution in [0.4, 0.5) is 0 Å². The normalized spacial score (nSPS) is 10.6. The summed E-state index contributed by atoms with van der Waals surface area (Å²) < 4.78 is 5.04. The van der Waals surface area contributed by atoms with Crippen molar-refractivity contribution in [2.24, 2.45) is 0 Å². The Hall–Kier alpha value is -3.15. The second kappa shape index (κ2) is 8.10. The number of hydrogen-bond acceptors (Lipinski definition) is 4. The monoisotopic (exact) mass is 337 g/mol. The number of hydrogen-bond donors (Lipinski definition) is 2. The van der Waals surface area contributed by atoms with E-state index in [1.807, 2.05) is 36.4 Å². The maximum absolute atomic E-state index is 12.1. The zero-order valence-electron chi connectivity index (χ0n) is 13.7. The first-order valence-electron chi connectivity index (χ1n) is 8.15. The van der Waals surface area contributed by atoms with E-state index in [0.29, 0.717) is 11.9 Å². The summed E-state index contributed by atoms with van der Waals surface area (Å²) in [4.78, 5) is 23.8. The van der Waals surface area contributed by atoms with E-state index in [4.69, 9.17) is 4.74 Å². The minimum atomic E-state index is -0.614. The molecule has 2 aromatic carbocycles. The smallest absolute Gasteiger partial charge is 0.359 e. The Morgan fingerprint density at radius 1 is 1.04 bits per heavy atom. The van der Waals surface area contributed by atoms with Crippen molar-refractivity contribution < 1.29 is 14.3 Å². The molecule has 0 aliphatic rings. The molecular formula is C19H19N3O3. The van der Waals surface area contributed by atoms with E-state index in [2.05, 4.69) is 27.6 Å². The van der Waals surface area contributed by atoms with Crippen LogP contribution in [0.25, 0.3) is 10.9 Å². The van der Waals surface area contributed by atoms with Gasteiger partial charge in [-0.25, -0.2) is 4.79 Å². The molecule has 6 heteroatoms. The van der Waals surface area contributed by atoms with Crippen LogP contribution in [-0.4, -0.2) is 35.2 Å². The zero-order valence-corrected chi connectivity index (χ0v) is 13.7. The van der Waals surface area contributed by atoms with E-state index < -0.39 is 5.97 Å². The number of ether oxygens (including phenoxy) is 1. The van der Waals surface area contributed by atoms with Crippen LogP contribution in [-0.2, 0) is 16.0 Å². The predicted molar refractivity (Wildman–Crippen MR) is 94.1 cm³/mol. The maximum Gasteiger partial charge on any atom is 0.359 e. The quantitative estimate of drug-likeness (QED) is 0.512. The zero-order chi connectivity index (χ0) is 17.5. The van der Waals surface area contributed by atoms with E-state index in [-0.39, 0.29) is 18.2 Å². The van der Waals surface area contributed by atoms with Crippen LogP contribution in [0.5, 0.6) is 0 Å². The minimum absolute atomic E-state index is 0.187. The number of fused-ring (bicyclic) bond motifs is 1. The fourth-order valence-corrected chi connectivity index (χ4v) is 2.53. The lowest BCUT2D eigenvalue weighted by Crippen LogP contribution is -2.29. The molecule has 6 nitrogen and oxygen atoms in total. The Bertz CT molecular complexity index is 858. The number of amides is 1. The summed E-state index contributed by atoms with van der Waals surface area (Å²) in [7, 11) is 0. The van der Waals surface area contributed by atoms with Gasteiger partial charge in [0.15, 0.2) is 12.3 Å². The Morgan fingerprint density at radius 2 is 1.80 bits per heavy atom. The van der Waals surface area contributed by atoms with Gasteiger partial charge in [0.25, 0.3) is 5.91 Å². The van der Waals surface area contributed by atoms with Gasteiger partial charge in [0, 0.05) is 11.9 Å². The molecule has 0 unspecified atom stereocenters. The molecule has 0 fully saturated rings. The van der Waals surface area contributed by atoms with E-state index in [1.54, 1.807) is 6.07 Å². The van der Waals surface area contributed by atoms with Crippen molar-refractivity contribution >= 4 is 22.8 Å². The number of carbonyl (C=O) groups is 2. The van der Waals surface area contributed by atoms with Gasteiger partial charge in [-0.2, -0.15) is 5.10 Å². The van der Waals surface area contributed by atoms with Gasteiger partial charge >= 0.3 is 5.97 Å². The Morgan fingerprint density at radius 3 is 2.64 bits per heavy atom. The number of nitrogens with zero attached hydrogens (tertiary/aromatic N) is 1. The Labute approximate surface area is 145 Å². The second-order valence-electron chi connectivity index (χ2n) is 5.63. The van der Waals surface area contributed by atoms with Gasteiger partial charge in [-0.3, -0.25) is 9.89 Å². The molecule has 0 radical (unpaired) electrons. The van der Waals surface area contributed by atoms with Gasteiger partial charge < -0.3 is 10.1 Å². The third-order valence-electron chi connectivity index (χ3n) is 3.81. The molecule has 2 N–H and O–H groups in total. The third-order valence-corrected chi connectivity index (χ3v) is 3.81. The van der Waals surface area contributed by atoms with Crippen LogP contribution in [0, 0.1) is 0 Å². The van der Waals surface area contributed by atoms with Crippen molar-refractivity contribution in [3.8, 4) is 0 Å². The van der Waals surface area contributed by atoms with Gasteiger partial charge in [0.05, 0.1) is 5.52 Å². The van der Waals surface area contributed by atoms with Crippen molar-refractivity contribution in [1.82, 2.24) is 15.5 Å². The minimum Gasteiger partial charge on any atom is -0.451 e. The van der Waals surface area contributed by atoms with Crippen molar-refractivity contribution in [3.63, 3.8) is 0 Å². The highest BCUT2D eigenvalue weighted by Gasteiger charge is 2.16. The van der Waals surface area contributed by atoms with Crippen LogP contribution in [0.1, 0.15) is 22.5 Å². The molecule has 0 saturated heterocycles. The summed E-state index contributed by atoms with van der Waals surface area (Å²) in [6.45, 7) is 0.224. The predicted octanol–water partition coefficient (Wildman–Crippen LogP) is 2.47. The molecule has 1 amide bonds. The number of rotatable bonds is 7. The Kier molecular flexibility index (Phi) is 5.41. The summed E-state index contributed by atoms with van der Waals surface area (Å²) in [5.41, 5.74) is 2.17. The molecule has 0 spiro atoms. The van der Waals surface area contributed by atoms with Crippen LogP contribution in [0.15, 0.2) is 54.6 Å². The molecule has 25 heavy (non-hydrogen) atoms. The summed E-state index contributed by atoms with van der Waals surface area (Å²) in [5, 5.41) is 10.1. The largest absolute Gasteiger partial charge is 0.451 e. The van der Waals surface area contributed by atoms with Crippen LogP contribution >= 0.6 is 0 Å². The summed E-state index contributed by atoms with van der Waals surface area (Å²) >= 11 is 0. The molecule has 0 aliphatic carbocycles. The number of carbonyl (C=O) groups excluding carboxylic acids is 2. The Balaban J connectivity index is 1.40. The summed E-state index contributed by atoms with van der Waals surface area (Å²) in [5.74, 6) is -0.932. The first-order valence-corrected chi connectivity index (χ1v) is 8.15. The number of esters is 1. The lowest BCUT2D eigenvalue weighted by atomic mass is 10.1. The van der Waals surface area contributed by atoms with E-state index in [9.17, 15) is 9.59 Å². The van der Waals surface area contributed by atoms with E-state index in [1.165, 1.54) is 5.56 Å². The van der Waals surface area contributed by atoms with Gasteiger partial charge in [0.2, 0.25) is 0 Å². The first-order chi connectivity index (χ1) is 12.2. The molecule has 3 rings (SSSR count). The fourth-order valence-electron chi connectivity index (χ4n) is 2.53. The molecule has 1 aromatic heterocycles. The highest BCUT2D eigenvalue weighted by molar-refractivity contribution is 6.02. The van der Waals surface area contributed by atoms with E-state index >= 15 is 0 Å². The number of H-pyrrole nitrogens is 1. The van der Waals surface area contributed by atoms with Gasteiger partial charge in [0.1, 0.15) is 0 Å². The number of aromatic nitrogens is 2. The van der Waals surface area contributed by atoms with E-state index in [0.717, 1.165) is 18.4 Å². The molecular weight excluding hydrogens is 318 g/mol. The third kappa shape index (κ3) is 4.44. The van der Waals surface area contributed by atoms with Crippen LogP contribution in [0.3, 0.4) is 0 Å². The summed E-state index contributed by atoms with van der Waals surface area (Å²) in [6, 6.07) is 17.3. The lowest BCUT2D eigenvalue weighted by molar-refractivity contribution is -0.124. The molecule has 0 atom stereocenters. The number of nitrogens with one attached hydrogen (secondary N) is 2. The number of aryl methyl sites for hydroxylation is 1. The number of para-hydroxylation sites is 1. The van der Waals surface area contributed by atoms with Crippen molar-refractivity contribution in [2.75, 3.05) is 13.2 Å². The number of benzene rings is 2. The highest BCUT2D eigenvalue weighted by atomic mass is 16.5. The molecule has 0 aliphatic heterocycles. The highest BCUT2D eigenvalue weighted by Crippen LogP contribution is 2.15. The molecule has 1 heterocycles. The maximum atomic E-state index is 12.1. The molecule has 0 bridgehead atoms. The lowest BCUT2D eigenvalue weighted by Gasteiger charge is -2.06. The first kappa shape index (κ1) is 16.7. The van der Waals surface area contributed by atoms with Crippen molar-refractivity contribution in [2.45, 2.75) is 12.8 Å². The molecule has 3 aromatic rings. The second-order valence-corrected chi connectivity index (χ2v) is 5.63. The number of aromatic amines is 1. The SMILES string of the molecule is O=C(COC(=O)c1n[nH]c2ccccc12)NCCCc1ccccc1. The summed E-state index contributed by atoms with van der Waals surface area (Å²) in [6.07, 6.45) is 1.72. The van der Waals surface area contributed by atoms with Crippen LogP contribution < -0.4 is 5.32 Å². The standard InChI is InChI=1S/C19H19N3O3/c23-17(20-12-6-9-14-7-2-1-3-8-14)13-25-19(24)18-15-10-4-5-11-16(15)21-22-18/h1-5,7-8,10-11H,6,9,12-13H2,(H,20,23)(H,21,22). The molecule has 0 saturated carbocycles. The van der Waals surface area contributed by atoms with Gasteiger partial charge in [-0.15, -0.1) is 0 Å². The van der Waals surface area contributed by atoms with Crippen molar-refractivity contribution in [3.05, 3.63) is 65.9 Å². The average Bonchev–Trinajstić information content (AvgIpc) is 3.08. The van der Waals surface area contributed by atoms with Crippen molar-refractivity contribution in [1.29, 1.82) is 0 Å². The molecule has 128 valence electrons. The van der Waals surface area contributed by atoms with Gasteiger partial charge in [-0.05, 0) is 24.5 Å². The fraction of sp³-hybridized carbons (Fsp3) is 0.211. The van der Waals surface area contributed by atoms with Gasteiger partial charge in [-0.1, -0.05) is 48.5 Å².